The molecule has 0 radical (unpaired) electrons. The van der Waals surface area contributed by atoms with Crippen molar-refractivity contribution < 1.29 is 0 Å². The van der Waals surface area contributed by atoms with E-state index in [0.717, 1.165) is 32.6 Å². The number of fused-ring (bicyclic) bond motifs is 1. The maximum Gasteiger partial charge on any atom is 0.170 e. The zero-order valence-electron chi connectivity index (χ0n) is 10.2. The van der Waals surface area contributed by atoms with Crippen molar-refractivity contribution in [3.05, 3.63) is 23.1 Å². The van der Waals surface area contributed by atoms with Gasteiger partial charge < -0.3 is 5.73 Å². The molecular formula is C11H11N5S3. The summed E-state index contributed by atoms with van der Waals surface area (Å²) in [6.07, 6.45) is 0.863. The minimum absolute atomic E-state index is 0.549. The molecule has 8 heteroatoms. The molecule has 3 aromatic heterocycles. The van der Waals surface area contributed by atoms with Gasteiger partial charge in [-0.1, -0.05) is 18.7 Å². The highest BCUT2D eigenvalue weighted by Gasteiger charge is 2.08. The van der Waals surface area contributed by atoms with Gasteiger partial charge in [0.1, 0.15) is 22.3 Å². The fraction of sp³-hybridized carbons (Fsp3) is 0.273. The van der Waals surface area contributed by atoms with Crippen molar-refractivity contribution in [2.75, 3.05) is 5.73 Å². The van der Waals surface area contributed by atoms with Crippen LogP contribution < -0.4 is 5.73 Å². The van der Waals surface area contributed by atoms with Gasteiger partial charge in [0, 0.05) is 6.42 Å². The average molecular weight is 309 g/mol. The summed E-state index contributed by atoms with van der Waals surface area (Å²) in [5.74, 6) is 2.84. The van der Waals surface area contributed by atoms with Gasteiger partial charge in [-0.3, -0.25) is 0 Å². The maximum absolute atomic E-state index is 5.92. The summed E-state index contributed by atoms with van der Waals surface area (Å²) in [5.41, 5.74) is 5.92. The predicted molar refractivity (Wildman–Crippen MR) is 80.7 cm³/mol. The summed E-state index contributed by atoms with van der Waals surface area (Å²) in [5, 5.41) is 2.91. The van der Waals surface area contributed by atoms with Gasteiger partial charge in [-0.15, -0.1) is 11.3 Å². The number of aryl methyl sites for hydroxylation is 1. The molecule has 0 saturated heterocycles. The Bertz CT molecular complexity index is 705. The van der Waals surface area contributed by atoms with Gasteiger partial charge in [0.05, 0.1) is 11.1 Å². The van der Waals surface area contributed by atoms with Crippen LogP contribution in [0.4, 0.5) is 5.82 Å². The quantitative estimate of drug-likeness (QED) is 0.747. The highest BCUT2D eigenvalue weighted by Crippen LogP contribution is 2.27. The molecule has 3 heterocycles. The van der Waals surface area contributed by atoms with Crippen molar-refractivity contribution >= 4 is 50.7 Å². The fourth-order valence-corrected chi connectivity index (χ4v) is 3.90. The van der Waals surface area contributed by atoms with Crippen LogP contribution in [0.2, 0.25) is 0 Å². The number of aromatic nitrogens is 4. The first-order valence-corrected chi connectivity index (χ1v) is 8.35. The molecule has 0 bridgehead atoms. The predicted octanol–water partition coefficient (Wildman–Crippen LogP) is 2.98. The Labute approximate surface area is 122 Å². The van der Waals surface area contributed by atoms with Crippen molar-refractivity contribution in [3.63, 3.8) is 0 Å². The van der Waals surface area contributed by atoms with Crippen LogP contribution in [0.5, 0.6) is 0 Å². The lowest BCUT2D eigenvalue weighted by Gasteiger charge is -2.00. The minimum atomic E-state index is 0.549. The Morgan fingerprint density at radius 2 is 2.16 bits per heavy atom. The molecule has 0 amide bonds. The maximum atomic E-state index is 5.92. The zero-order chi connectivity index (χ0) is 13.2. The number of hydrogen-bond donors (Lipinski definition) is 1. The molecule has 0 atom stereocenters. The normalized spacial score (nSPS) is 11.2. The number of nitrogens with zero attached hydrogens (tertiary/aromatic N) is 4. The highest BCUT2D eigenvalue weighted by molar-refractivity contribution is 8.00. The first kappa shape index (κ1) is 12.8. The van der Waals surface area contributed by atoms with Gasteiger partial charge in [0.25, 0.3) is 0 Å². The number of hydrogen-bond acceptors (Lipinski definition) is 8. The lowest BCUT2D eigenvalue weighted by Crippen LogP contribution is -1.98. The van der Waals surface area contributed by atoms with E-state index >= 15 is 0 Å². The highest BCUT2D eigenvalue weighted by atomic mass is 32.2. The second kappa shape index (κ2) is 5.40. The molecule has 0 aliphatic heterocycles. The number of rotatable bonds is 4. The van der Waals surface area contributed by atoms with Crippen LogP contribution >= 0.6 is 34.6 Å². The third kappa shape index (κ3) is 2.70. The summed E-state index contributed by atoms with van der Waals surface area (Å²) in [7, 11) is 0. The van der Waals surface area contributed by atoms with Crippen molar-refractivity contribution in [1.29, 1.82) is 0 Å². The van der Waals surface area contributed by atoms with E-state index in [1.54, 1.807) is 23.1 Å². The molecule has 19 heavy (non-hydrogen) atoms. The van der Waals surface area contributed by atoms with Gasteiger partial charge in [-0.25, -0.2) is 15.0 Å². The van der Waals surface area contributed by atoms with Crippen LogP contribution in [0.25, 0.3) is 10.2 Å². The lowest BCUT2D eigenvalue weighted by atomic mass is 10.4. The van der Waals surface area contributed by atoms with Crippen molar-refractivity contribution in [2.24, 2.45) is 0 Å². The first-order valence-electron chi connectivity index (χ1n) is 5.71. The molecule has 0 aromatic carbocycles. The summed E-state index contributed by atoms with van der Waals surface area (Å²) < 4.78 is 5.20. The van der Waals surface area contributed by atoms with Crippen molar-refractivity contribution in [2.45, 2.75) is 23.4 Å². The van der Waals surface area contributed by atoms with Crippen LogP contribution in [-0.4, -0.2) is 19.3 Å². The first-order chi connectivity index (χ1) is 9.26. The Morgan fingerprint density at radius 3 is 2.95 bits per heavy atom. The fourth-order valence-electron chi connectivity index (χ4n) is 1.56. The van der Waals surface area contributed by atoms with E-state index in [1.807, 2.05) is 18.4 Å². The van der Waals surface area contributed by atoms with E-state index in [9.17, 15) is 0 Å². The standard InChI is InChI=1S/C11H11N5S3/c1-2-7-15-11(19-16-7)18-5-8-13-9(12)6-3-4-17-10(6)14-8/h3-4H,2,5H2,1H3,(H2,12,13,14). The number of nitrogen functional groups attached to an aromatic ring is 1. The Morgan fingerprint density at radius 1 is 1.26 bits per heavy atom. The van der Waals surface area contributed by atoms with E-state index in [0.29, 0.717) is 11.6 Å². The van der Waals surface area contributed by atoms with Crippen molar-refractivity contribution in [3.8, 4) is 0 Å². The molecule has 2 N–H and O–H groups in total. The smallest absolute Gasteiger partial charge is 0.170 e. The Balaban J connectivity index is 1.77. The molecule has 0 fully saturated rings. The monoisotopic (exact) mass is 309 g/mol. The van der Waals surface area contributed by atoms with Gasteiger partial charge in [0.15, 0.2) is 4.34 Å². The van der Waals surface area contributed by atoms with Crippen LogP contribution in [0, 0.1) is 0 Å². The third-order valence-corrected chi connectivity index (χ3v) is 5.17. The van der Waals surface area contributed by atoms with Gasteiger partial charge >= 0.3 is 0 Å². The summed E-state index contributed by atoms with van der Waals surface area (Å²) in [4.78, 5) is 14.2. The third-order valence-electron chi connectivity index (χ3n) is 2.49. The molecule has 3 rings (SSSR count). The average Bonchev–Trinajstić information content (AvgIpc) is 3.05. The number of thiophene rings is 1. The van der Waals surface area contributed by atoms with Crippen LogP contribution in [0.15, 0.2) is 15.8 Å². The molecule has 98 valence electrons. The SMILES string of the molecule is CCc1nsc(SCc2nc(N)c3ccsc3n2)n1. The second-order valence-corrected chi connectivity index (χ2v) is 6.65. The van der Waals surface area contributed by atoms with E-state index < -0.39 is 0 Å². The van der Waals surface area contributed by atoms with Crippen molar-refractivity contribution in [1.82, 2.24) is 19.3 Å². The molecule has 3 aromatic rings. The number of thioether (sulfide) groups is 1. The van der Waals surface area contributed by atoms with Gasteiger partial charge in [-0.05, 0) is 23.0 Å². The summed E-state index contributed by atoms with van der Waals surface area (Å²) >= 11 is 4.60. The van der Waals surface area contributed by atoms with E-state index in [1.165, 1.54) is 11.5 Å². The summed E-state index contributed by atoms with van der Waals surface area (Å²) in [6, 6.07) is 1.95. The van der Waals surface area contributed by atoms with Crippen LogP contribution in [-0.2, 0) is 12.2 Å². The topological polar surface area (TPSA) is 77.6 Å². The van der Waals surface area contributed by atoms with E-state index in [2.05, 4.69) is 19.3 Å². The molecule has 0 aliphatic carbocycles. The Kier molecular flexibility index (Phi) is 3.63. The molecular weight excluding hydrogens is 298 g/mol. The van der Waals surface area contributed by atoms with E-state index in [4.69, 9.17) is 5.73 Å². The number of anilines is 1. The van der Waals surface area contributed by atoms with E-state index in [-0.39, 0.29) is 0 Å². The zero-order valence-corrected chi connectivity index (χ0v) is 12.6. The summed E-state index contributed by atoms with van der Waals surface area (Å²) in [6.45, 7) is 2.05. The lowest BCUT2D eigenvalue weighted by molar-refractivity contribution is 0.970. The molecule has 0 spiro atoms. The van der Waals surface area contributed by atoms with Gasteiger partial charge in [0.2, 0.25) is 0 Å². The number of nitrogens with two attached hydrogens (primary N) is 1. The largest absolute Gasteiger partial charge is 0.383 e. The van der Waals surface area contributed by atoms with Crippen LogP contribution in [0.3, 0.4) is 0 Å². The minimum Gasteiger partial charge on any atom is -0.383 e. The van der Waals surface area contributed by atoms with Gasteiger partial charge in [-0.2, -0.15) is 4.37 Å². The second-order valence-electron chi connectivity index (χ2n) is 3.78. The van der Waals surface area contributed by atoms with Crippen LogP contribution in [0.1, 0.15) is 18.6 Å². The Hall–Kier alpha value is -1.25. The molecule has 0 aliphatic rings. The molecule has 0 saturated carbocycles. The molecule has 5 nitrogen and oxygen atoms in total. The molecule has 0 unspecified atom stereocenters.